The lowest BCUT2D eigenvalue weighted by molar-refractivity contribution is -0.137. The van der Waals surface area contributed by atoms with Crippen LogP contribution in [0.4, 0.5) is 13.2 Å². The van der Waals surface area contributed by atoms with Crippen molar-refractivity contribution in [2.24, 2.45) is 0 Å². The van der Waals surface area contributed by atoms with Crippen LogP contribution in [-0.4, -0.2) is 30.2 Å². The Morgan fingerprint density at radius 3 is 2.55 bits per heavy atom. The number of hydrogen-bond acceptors (Lipinski definition) is 6. The van der Waals surface area contributed by atoms with Crippen molar-refractivity contribution in [2.75, 3.05) is 0 Å². The number of hydrogen-bond donors (Lipinski definition) is 0. The number of tetrazole rings is 1. The minimum Gasteiger partial charge on any atom is -0.249 e. The fourth-order valence-electron chi connectivity index (χ4n) is 1.40. The molecule has 0 aliphatic rings. The van der Waals surface area contributed by atoms with Crippen molar-refractivity contribution in [1.82, 2.24) is 30.2 Å². The first-order valence-corrected chi connectivity index (χ1v) is 6.10. The van der Waals surface area contributed by atoms with Crippen molar-refractivity contribution in [3.63, 3.8) is 0 Å². The Bertz CT molecular complexity index is 739. The van der Waals surface area contributed by atoms with Gasteiger partial charge in [0.1, 0.15) is 10.1 Å². The number of aromatic nitrogens is 6. The maximum absolute atomic E-state index is 12.4. The molecule has 3 heterocycles. The topological polar surface area (TPSA) is 68.9 Å². The monoisotopic (exact) mass is 298 g/mol. The Labute approximate surface area is 114 Å². The molecule has 0 bridgehead atoms. The van der Waals surface area contributed by atoms with E-state index in [2.05, 4.69) is 25.6 Å². The summed E-state index contributed by atoms with van der Waals surface area (Å²) < 4.78 is 38.4. The summed E-state index contributed by atoms with van der Waals surface area (Å²) in [7, 11) is 0. The summed E-state index contributed by atoms with van der Waals surface area (Å²) in [4.78, 5) is 3.75. The summed E-state index contributed by atoms with van der Waals surface area (Å²) in [6.45, 7) is 0. The van der Waals surface area contributed by atoms with Gasteiger partial charge in [0.15, 0.2) is 5.65 Å². The lowest BCUT2D eigenvalue weighted by Gasteiger charge is -2.06. The van der Waals surface area contributed by atoms with Gasteiger partial charge < -0.3 is 0 Å². The van der Waals surface area contributed by atoms with Crippen molar-refractivity contribution in [3.8, 4) is 0 Å². The molecular weight excluding hydrogens is 293 g/mol. The van der Waals surface area contributed by atoms with Gasteiger partial charge in [-0.25, -0.2) is 4.98 Å². The summed E-state index contributed by atoms with van der Waals surface area (Å²) in [6, 6.07) is 5.58. The summed E-state index contributed by atoms with van der Waals surface area (Å²) in [6.07, 6.45) is -3.60. The molecule has 0 N–H and O–H groups in total. The lowest BCUT2D eigenvalue weighted by atomic mass is 10.3. The normalized spacial score (nSPS) is 11.9. The SMILES string of the molecule is FC(F)(F)c1ccc(Sc2ccc3nnnn3n2)nc1. The quantitative estimate of drug-likeness (QED) is 0.721. The smallest absolute Gasteiger partial charge is 0.249 e. The molecule has 20 heavy (non-hydrogen) atoms. The van der Waals surface area contributed by atoms with E-state index in [0.717, 1.165) is 24.0 Å². The van der Waals surface area contributed by atoms with Gasteiger partial charge in [-0.1, -0.05) is 0 Å². The van der Waals surface area contributed by atoms with Gasteiger partial charge in [0.2, 0.25) is 0 Å². The van der Waals surface area contributed by atoms with Crippen LogP contribution >= 0.6 is 11.8 Å². The third-order valence-electron chi connectivity index (χ3n) is 2.32. The number of pyridine rings is 1. The average Bonchev–Trinajstić information content (AvgIpc) is 2.86. The van der Waals surface area contributed by atoms with Gasteiger partial charge >= 0.3 is 6.18 Å². The number of alkyl halides is 3. The summed E-state index contributed by atoms with van der Waals surface area (Å²) >= 11 is 1.12. The van der Waals surface area contributed by atoms with Crippen molar-refractivity contribution in [3.05, 3.63) is 36.0 Å². The fraction of sp³-hybridized carbons (Fsp3) is 0.100. The molecule has 3 aromatic rings. The highest BCUT2D eigenvalue weighted by Gasteiger charge is 2.30. The number of rotatable bonds is 2. The van der Waals surface area contributed by atoms with E-state index < -0.39 is 11.7 Å². The van der Waals surface area contributed by atoms with Crippen LogP contribution < -0.4 is 0 Å². The number of fused-ring (bicyclic) bond motifs is 1. The zero-order valence-electron chi connectivity index (χ0n) is 9.61. The number of nitrogens with zero attached hydrogens (tertiary/aromatic N) is 6. The summed E-state index contributed by atoms with van der Waals surface area (Å²) in [5.41, 5.74) is -0.305. The van der Waals surface area contributed by atoms with Gasteiger partial charge in [0.25, 0.3) is 0 Å². The van der Waals surface area contributed by atoms with Crippen LogP contribution in [0.5, 0.6) is 0 Å². The second-order valence-electron chi connectivity index (χ2n) is 3.68. The van der Waals surface area contributed by atoms with Crippen LogP contribution in [0, 0.1) is 0 Å². The standard InChI is InChI=1S/C10H5F3N6S/c11-10(12,13)6-1-3-8(14-5-6)20-9-4-2-7-15-17-18-19(7)16-9/h1-5H. The van der Waals surface area contributed by atoms with Crippen LogP contribution in [0.2, 0.25) is 0 Å². The van der Waals surface area contributed by atoms with Gasteiger partial charge in [-0.2, -0.15) is 13.2 Å². The van der Waals surface area contributed by atoms with Gasteiger partial charge in [-0.3, -0.25) is 0 Å². The highest BCUT2D eigenvalue weighted by Crippen LogP contribution is 2.30. The Balaban J connectivity index is 1.83. The molecule has 0 saturated carbocycles. The van der Waals surface area contributed by atoms with E-state index in [4.69, 9.17) is 0 Å². The van der Waals surface area contributed by atoms with E-state index in [-0.39, 0.29) is 0 Å². The van der Waals surface area contributed by atoms with Crippen molar-refractivity contribution < 1.29 is 13.2 Å². The molecule has 3 rings (SSSR count). The van der Waals surface area contributed by atoms with Crippen LogP contribution in [0.1, 0.15) is 5.56 Å². The van der Waals surface area contributed by atoms with E-state index in [1.165, 1.54) is 10.7 Å². The molecule has 0 aliphatic heterocycles. The Kier molecular flexibility index (Phi) is 3.01. The van der Waals surface area contributed by atoms with E-state index >= 15 is 0 Å². The first-order valence-electron chi connectivity index (χ1n) is 5.29. The summed E-state index contributed by atoms with van der Waals surface area (Å²) in [5.74, 6) is 0. The highest BCUT2D eigenvalue weighted by atomic mass is 32.2. The molecular formula is C10H5F3N6S. The molecule has 0 fully saturated rings. The van der Waals surface area contributed by atoms with Gasteiger partial charge in [0.05, 0.1) is 5.56 Å². The molecule has 0 atom stereocenters. The molecule has 0 aromatic carbocycles. The molecule has 0 spiro atoms. The zero-order chi connectivity index (χ0) is 14.2. The number of halogens is 3. The predicted octanol–water partition coefficient (Wildman–Crippen LogP) is 2.08. The van der Waals surface area contributed by atoms with Crippen LogP contribution in [0.3, 0.4) is 0 Å². The first-order chi connectivity index (χ1) is 9.52. The second-order valence-corrected chi connectivity index (χ2v) is 4.72. The maximum atomic E-state index is 12.4. The first kappa shape index (κ1) is 12.8. The molecule has 0 amide bonds. The largest absolute Gasteiger partial charge is 0.417 e. The van der Waals surface area contributed by atoms with E-state index in [0.29, 0.717) is 15.7 Å². The van der Waals surface area contributed by atoms with Gasteiger partial charge in [0, 0.05) is 6.20 Å². The Hall–Kier alpha value is -2.23. The zero-order valence-corrected chi connectivity index (χ0v) is 10.4. The molecule has 0 saturated heterocycles. The molecule has 10 heteroatoms. The lowest BCUT2D eigenvalue weighted by Crippen LogP contribution is -2.05. The minimum absolute atomic E-state index is 0.401. The Morgan fingerprint density at radius 2 is 1.85 bits per heavy atom. The predicted molar refractivity (Wildman–Crippen MR) is 61.9 cm³/mol. The van der Waals surface area contributed by atoms with Crippen molar-refractivity contribution in [1.29, 1.82) is 0 Å². The summed E-state index contributed by atoms with van der Waals surface area (Å²) in [5, 5.41) is 15.8. The average molecular weight is 298 g/mol. The molecule has 0 unspecified atom stereocenters. The van der Waals surface area contributed by atoms with E-state index in [9.17, 15) is 13.2 Å². The minimum atomic E-state index is -4.39. The third-order valence-corrected chi connectivity index (χ3v) is 3.20. The highest BCUT2D eigenvalue weighted by molar-refractivity contribution is 7.99. The maximum Gasteiger partial charge on any atom is 0.417 e. The molecule has 6 nitrogen and oxygen atoms in total. The Morgan fingerprint density at radius 1 is 1.05 bits per heavy atom. The van der Waals surface area contributed by atoms with Crippen LogP contribution in [-0.2, 0) is 6.18 Å². The molecule has 3 aromatic heterocycles. The third kappa shape index (κ3) is 2.54. The van der Waals surface area contributed by atoms with E-state index in [1.54, 1.807) is 12.1 Å². The van der Waals surface area contributed by atoms with Crippen LogP contribution in [0.15, 0.2) is 40.5 Å². The molecule has 0 aliphatic carbocycles. The van der Waals surface area contributed by atoms with Crippen molar-refractivity contribution in [2.45, 2.75) is 16.2 Å². The second kappa shape index (κ2) is 4.71. The van der Waals surface area contributed by atoms with Gasteiger partial charge in [-0.05, 0) is 46.5 Å². The van der Waals surface area contributed by atoms with Crippen LogP contribution in [0.25, 0.3) is 5.65 Å². The molecule has 0 radical (unpaired) electrons. The van der Waals surface area contributed by atoms with E-state index in [1.807, 2.05) is 0 Å². The van der Waals surface area contributed by atoms with Crippen molar-refractivity contribution >= 4 is 17.4 Å². The fourth-order valence-corrected chi connectivity index (χ4v) is 2.11. The van der Waals surface area contributed by atoms with Gasteiger partial charge in [-0.15, -0.1) is 14.8 Å². The molecule has 102 valence electrons.